The minimum Gasteiger partial charge on any atom is -0.372 e. The Labute approximate surface area is 194 Å². The lowest BCUT2D eigenvalue weighted by atomic mass is 9.97. The van der Waals surface area contributed by atoms with E-state index in [-0.39, 0.29) is 34.3 Å². The number of ketones is 1. The summed E-state index contributed by atoms with van der Waals surface area (Å²) in [6.45, 7) is 6.89. The summed E-state index contributed by atoms with van der Waals surface area (Å²) in [7, 11) is 3.41. The van der Waals surface area contributed by atoms with Crippen molar-refractivity contribution >= 4 is 23.1 Å². The van der Waals surface area contributed by atoms with Crippen molar-refractivity contribution in [1.29, 1.82) is 0 Å². The van der Waals surface area contributed by atoms with E-state index < -0.39 is 10.7 Å². The van der Waals surface area contributed by atoms with Gasteiger partial charge < -0.3 is 10.2 Å². The van der Waals surface area contributed by atoms with Gasteiger partial charge in [-0.3, -0.25) is 24.6 Å². The number of carbonyl (C=O) groups excluding carboxylic acids is 2. The van der Waals surface area contributed by atoms with Gasteiger partial charge in [0.05, 0.1) is 10.5 Å². The fourth-order valence-electron chi connectivity index (χ4n) is 4.16. The van der Waals surface area contributed by atoms with Crippen LogP contribution in [0.25, 0.3) is 0 Å². The molecule has 0 bridgehead atoms. The summed E-state index contributed by atoms with van der Waals surface area (Å²) >= 11 is 0. The monoisotopic (exact) mass is 452 g/mol. The second-order valence-corrected chi connectivity index (χ2v) is 9.01. The molecule has 1 aliphatic rings. The highest BCUT2D eigenvalue weighted by Crippen LogP contribution is 2.29. The van der Waals surface area contributed by atoms with Gasteiger partial charge in [0.25, 0.3) is 11.6 Å². The number of nitrogens with one attached hydrogen (secondary N) is 1. The highest BCUT2D eigenvalue weighted by molar-refractivity contribution is 6.15. The quantitative estimate of drug-likeness (QED) is 0.372. The molecule has 0 aliphatic carbocycles. The first-order chi connectivity index (χ1) is 15.7. The number of rotatable bonds is 8. The van der Waals surface area contributed by atoms with E-state index >= 15 is 0 Å². The summed E-state index contributed by atoms with van der Waals surface area (Å²) in [5, 5.41) is 14.5. The van der Waals surface area contributed by atoms with E-state index in [0.29, 0.717) is 12.2 Å². The van der Waals surface area contributed by atoms with Crippen molar-refractivity contribution < 1.29 is 14.5 Å². The summed E-state index contributed by atoms with van der Waals surface area (Å²) in [6, 6.07) is 11.2. The molecular weight excluding hydrogens is 420 g/mol. The zero-order valence-electron chi connectivity index (χ0n) is 19.7. The standard InChI is InChI=1S/C25H32N4O4/c1-17-11-13-28(14-12-17)18(2)16-26-25(31)21-8-6-5-7-20(21)24(30)19-9-10-22(27(3)4)23(15-19)29(32)33/h5-10,15,17-18H,11-14,16H2,1-4H3,(H,26,31). The maximum Gasteiger partial charge on any atom is 0.293 e. The molecule has 8 nitrogen and oxygen atoms in total. The van der Waals surface area contributed by atoms with Crippen LogP contribution in [-0.4, -0.2) is 61.3 Å². The van der Waals surface area contributed by atoms with Crippen LogP contribution >= 0.6 is 0 Å². The van der Waals surface area contributed by atoms with Crippen LogP contribution in [0.5, 0.6) is 0 Å². The minimum absolute atomic E-state index is 0.155. The lowest BCUT2D eigenvalue weighted by molar-refractivity contribution is -0.384. The van der Waals surface area contributed by atoms with Gasteiger partial charge >= 0.3 is 0 Å². The Morgan fingerprint density at radius 3 is 2.39 bits per heavy atom. The molecule has 3 rings (SSSR count). The van der Waals surface area contributed by atoms with Gasteiger partial charge in [0.1, 0.15) is 5.69 Å². The molecule has 1 amide bonds. The number of likely N-dealkylation sites (tertiary alicyclic amines) is 1. The number of nitrogens with zero attached hydrogens (tertiary/aromatic N) is 3. The number of nitro groups is 1. The molecule has 1 unspecified atom stereocenters. The van der Waals surface area contributed by atoms with Gasteiger partial charge in [-0.25, -0.2) is 0 Å². The van der Waals surface area contributed by atoms with Crippen molar-refractivity contribution in [2.75, 3.05) is 38.6 Å². The Morgan fingerprint density at radius 2 is 1.79 bits per heavy atom. The largest absolute Gasteiger partial charge is 0.372 e. The maximum absolute atomic E-state index is 13.2. The molecule has 1 heterocycles. The first-order valence-electron chi connectivity index (χ1n) is 11.3. The topological polar surface area (TPSA) is 95.8 Å². The van der Waals surface area contributed by atoms with Gasteiger partial charge in [-0.05, 0) is 57.0 Å². The molecule has 1 N–H and O–H groups in total. The van der Waals surface area contributed by atoms with Crippen LogP contribution in [0.3, 0.4) is 0 Å². The van der Waals surface area contributed by atoms with Crippen LogP contribution in [0.2, 0.25) is 0 Å². The SMILES string of the molecule is CC1CCN(C(C)CNC(=O)c2ccccc2C(=O)c2ccc(N(C)C)c([N+](=O)[O-])c2)CC1. The first-order valence-corrected chi connectivity index (χ1v) is 11.3. The fourth-order valence-corrected chi connectivity index (χ4v) is 4.16. The number of amides is 1. The van der Waals surface area contributed by atoms with Gasteiger partial charge in [-0.15, -0.1) is 0 Å². The fraction of sp³-hybridized carbons (Fsp3) is 0.440. The Kier molecular flexibility index (Phi) is 7.81. The molecular formula is C25H32N4O4. The Balaban J connectivity index is 1.77. The van der Waals surface area contributed by atoms with Crippen LogP contribution < -0.4 is 10.2 Å². The zero-order valence-corrected chi connectivity index (χ0v) is 19.7. The lowest BCUT2D eigenvalue weighted by Gasteiger charge is -2.35. The second-order valence-electron chi connectivity index (χ2n) is 9.01. The van der Waals surface area contributed by atoms with Crippen LogP contribution in [0.15, 0.2) is 42.5 Å². The molecule has 8 heteroatoms. The maximum atomic E-state index is 13.2. The van der Waals surface area contributed by atoms with E-state index in [2.05, 4.69) is 24.1 Å². The summed E-state index contributed by atoms with van der Waals surface area (Å²) in [5.41, 5.74) is 0.909. The van der Waals surface area contributed by atoms with E-state index in [1.54, 1.807) is 55.4 Å². The molecule has 1 aliphatic heterocycles. The van der Waals surface area contributed by atoms with Crippen LogP contribution in [0.1, 0.15) is 53.0 Å². The number of hydrogen-bond donors (Lipinski definition) is 1. The van der Waals surface area contributed by atoms with Crippen molar-refractivity contribution in [2.24, 2.45) is 5.92 Å². The normalized spacial score (nSPS) is 15.6. The van der Waals surface area contributed by atoms with Crippen molar-refractivity contribution in [3.63, 3.8) is 0 Å². The van der Waals surface area contributed by atoms with E-state index in [4.69, 9.17) is 0 Å². The third-order valence-corrected chi connectivity index (χ3v) is 6.33. The summed E-state index contributed by atoms with van der Waals surface area (Å²) in [4.78, 5) is 41.2. The van der Waals surface area contributed by atoms with Gasteiger partial charge in [0.15, 0.2) is 5.78 Å². The molecule has 176 valence electrons. The number of hydrogen-bond acceptors (Lipinski definition) is 6. The van der Waals surface area contributed by atoms with Crippen molar-refractivity contribution in [1.82, 2.24) is 10.2 Å². The number of benzene rings is 2. The number of carbonyl (C=O) groups is 2. The summed E-state index contributed by atoms with van der Waals surface area (Å²) < 4.78 is 0. The van der Waals surface area contributed by atoms with Gasteiger partial charge in [-0.2, -0.15) is 0 Å². The highest BCUT2D eigenvalue weighted by atomic mass is 16.6. The first kappa shape index (κ1) is 24.4. The predicted molar refractivity (Wildman–Crippen MR) is 129 cm³/mol. The third-order valence-electron chi connectivity index (χ3n) is 6.33. The van der Waals surface area contributed by atoms with Crippen molar-refractivity contribution in [2.45, 2.75) is 32.7 Å². The summed E-state index contributed by atoms with van der Waals surface area (Å²) in [5.74, 6) is -0.00800. The molecule has 1 atom stereocenters. The highest BCUT2D eigenvalue weighted by Gasteiger charge is 2.24. The Hall–Kier alpha value is -3.26. The second kappa shape index (κ2) is 10.6. The van der Waals surface area contributed by atoms with Gasteiger partial charge in [-0.1, -0.05) is 25.1 Å². The lowest BCUT2D eigenvalue weighted by Crippen LogP contribution is -2.45. The average molecular weight is 453 g/mol. The van der Waals surface area contributed by atoms with Crippen LogP contribution in [0.4, 0.5) is 11.4 Å². The Morgan fingerprint density at radius 1 is 1.15 bits per heavy atom. The average Bonchev–Trinajstić information content (AvgIpc) is 2.81. The molecule has 2 aromatic rings. The van der Waals surface area contributed by atoms with Gasteiger partial charge in [0, 0.05) is 43.9 Å². The number of piperidine rings is 1. The third kappa shape index (κ3) is 5.76. The Bertz CT molecular complexity index is 1030. The number of nitro benzene ring substituents is 1. The van der Waals surface area contributed by atoms with Crippen LogP contribution in [-0.2, 0) is 0 Å². The smallest absolute Gasteiger partial charge is 0.293 e. The van der Waals surface area contributed by atoms with Crippen molar-refractivity contribution in [3.05, 3.63) is 69.3 Å². The molecule has 2 aromatic carbocycles. The molecule has 0 spiro atoms. The van der Waals surface area contributed by atoms with E-state index in [9.17, 15) is 19.7 Å². The zero-order chi connectivity index (χ0) is 24.1. The molecule has 0 aromatic heterocycles. The molecule has 0 radical (unpaired) electrons. The van der Waals surface area contributed by atoms with E-state index in [0.717, 1.165) is 31.8 Å². The minimum atomic E-state index is -0.506. The van der Waals surface area contributed by atoms with Crippen LogP contribution in [0, 0.1) is 16.0 Å². The van der Waals surface area contributed by atoms with Crippen molar-refractivity contribution in [3.8, 4) is 0 Å². The number of anilines is 1. The van der Waals surface area contributed by atoms with Gasteiger partial charge in [0.2, 0.25) is 0 Å². The molecule has 33 heavy (non-hydrogen) atoms. The molecule has 0 saturated carbocycles. The van der Waals surface area contributed by atoms with E-state index in [1.807, 2.05) is 0 Å². The molecule has 1 fully saturated rings. The molecule has 1 saturated heterocycles. The predicted octanol–water partition coefficient (Wildman–Crippen LogP) is 3.74. The van der Waals surface area contributed by atoms with E-state index in [1.165, 1.54) is 6.07 Å². The summed E-state index contributed by atoms with van der Waals surface area (Å²) in [6.07, 6.45) is 2.32.